The van der Waals surface area contributed by atoms with Gasteiger partial charge in [-0.05, 0) is 69.4 Å². The highest BCUT2D eigenvalue weighted by atomic mass is 14.1. The Balaban J connectivity index is 1.98. The van der Waals surface area contributed by atoms with Crippen LogP contribution in [0, 0.1) is 11.8 Å². The van der Waals surface area contributed by atoms with Crippen molar-refractivity contribution in [3.05, 3.63) is 83.1 Å². The van der Waals surface area contributed by atoms with Crippen LogP contribution in [-0.4, -0.2) is 0 Å². The van der Waals surface area contributed by atoms with Crippen LogP contribution < -0.4 is 0 Å². The van der Waals surface area contributed by atoms with E-state index in [1.54, 1.807) is 0 Å². The van der Waals surface area contributed by atoms with Gasteiger partial charge in [0.15, 0.2) is 0 Å². The summed E-state index contributed by atoms with van der Waals surface area (Å²) in [6.45, 7) is 8.94. The van der Waals surface area contributed by atoms with Gasteiger partial charge in [0, 0.05) is 0 Å². The van der Waals surface area contributed by atoms with Crippen LogP contribution in [0.2, 0.25) is 0 Å². The summed E-state index contributed by atoms with van der Waals surface area (Å²) in [5, 5.41) is 0. The normalized spacial score (nSPS) is 22.9. The summed E-state index contributed by atoms with van der Waals surface area (Å²) in [5.74, 6) is 1.21. The second-order valence-electron chi connectivity index (χ2n) is 7.04. The van der Waals surface area contributed by atoms with Gasteiger partial charge in [-0.25, -0.2) is 0 Å². The molecular formula is C24H32. The Morgan fingerprint density at radius 3 is 2.83 bits per heavy atom. The Morgan fingerprint density at radius 2 is 2.12 bits per heavy atom. The van der Waals surface area contributed by atoms with Gasteiger partial charge in [-0.2, -0.15) is 0 Å². The topological polar surface area (TPSA) is 0 Å². The van der Waals surface area contributed by atoms with E-state index in [4.69, 9.17) is 0 Å². The van der Waals surface area contributed by atoms with Crippen LogP contribution in [-0.2, 0) is 0 Å². The zero-order chi connectivity index (χ0) is 17.4. The molecule has 0 aromatic rings. The average molecular weight is 321 g/mol. The Labute approximate surface area is 148 Å². The van der Waals surface area contributed by atoms with Crippen molar-refractivity contribution in [1.29, 1.82) is 0 Å². The first-order chi connectivity index (χ1) is 11.6. The quantitative estimate of drug-likeness (QED) is 0.452. The van der Waals surface area contributed by atoms with E-state index < -0.39 is 0 Å². The lowest BCUT2D eigenvalue weighted by Crippen LogP contribution is -2.00. The standard InChI is InChI=1S/C24H32/c1-5-23(13-9-11-22-16-14-19(2)15-17-22)21(4)18-24-12-8-6-7-10-20(24)3/h6,8-10,12-16,18,22-23H,5,7,11,17H2,1-4H3. The highest BCUT2D eigenvalue weighted by Gasteiger charge is 2.08. The second kappa shape index (κ2) is 9.47. The van der Waals surface area contributed by atoms with Gasteiger partial charge in [-0.15, -0.1) is 0 Å². The summed E-state index contributed by atoms with van der Waals surface area (Å²) in [7, 11) is 0. The lowest BCUT2D eigenvalue weighted by Gasteiger charge is -2.15. The molecule has 0 saturated carbocycles. The van der Waals surface area contributed by atoms with Crippen LogP contribution in [0.25, 0.3) is 0 Å². The van der Waals surface area contributed by atoms with Crippen molar-refractivity contribution in [3.8, 4) is 0 Å². The van der Waals surface area contributed by atoms with Gasteiger partial charge in [-0.1, -0.05) is 78.8 Å². The van der Waals surface area contributed by atoms with Gasteiger partial charge in [0.25, 0.3) is 0 Å². The summed E-state index contributed by atoms with van der Waals surface area (Å²) >= 11 is 0. The molecule has 2 aliphatic carbocycles. The van der Waals surface area contributed by atoms with Crippen LogP contribution in [0.5, 0.6) is 0 Å². The molecule has 0 aromatic carbocycles. The molecule has 0 nitrogen and oxygen atoms in total. The Morgan fingerprint density at radius 1 is 1.29 bits per heavy atom. The van der Waals surface area contributed by atoms with E-state index in [-0.39, 0.29) is 0 Å². The van der Waals surface area contributed by atoms with E-state index in [0.29, 0.717) is 11.8 Å². The number of rotatable bonds is 6. The van der Waals surface area contributed by atoms with Crippen molar-refractivity contribution in [2.45, 2.75) is 53.4 Å². The maximum atomic E-state index is 2.41. The highest BCUT2D eigenvalue weighted by Crippen LogP contribution is 2.24. The van der Waals surface area contributed by atoms with Crippen LogP contribution in [0.4, 0.5) is 0 Å². The van der Waals surface area contributed by atoms with E-state index in [0.717, 1.165) is 19.3 Å². The van der Waals surface area contributed by atoms with Crippen LogP contribution in [0.1, 0.15) is 53.4 Å². The summed E-state index contributed by atoms with van der Waals surface area (Å²) in [6, 6.07) is 0. The minimum atomic E-state index is 0.538. The van der Waals surface area contributed by atoms with E-state index >= 15 is 0 Å². The van der Waals surface area contributed by atoms with Crippen LogP contribution in [0.15, 0.2) is 83.1 Å². The minimum absolute atomic E-state index is 0.538. The molecule has 2 rings (SSSR count). The molecule has 0 bridgehead atoms. The van der Waals surface area contributed by atoms with Crippen molar-refractivity contribution < 1.29 is 0 Å². The van der Waals surface area contributed by atoms with E-state index in [1.807, 2.05) is 0 Å². The van der Waals surface area contributed by atoms with Gasteiger partial charge < -0.3 is 0 Å². The van der Waals surface area contributed by atoms with Crippen molar-refractivity contribution in [2.75, 3.05) is 0 Å². The van der Waals surface area contributed by atoms with Crippen molar-refractivity contribution in [2.24, 2.45) is 11.8 Å². The zero-order valence-corrected chi connectivity index (χ0v) is 15.8. The van der Waals surface area contributed by atoms with Gasteiger partial charge in [-0.3, -0.25) is 0 Å². The molecule has 0 saturated heterocycles. The largest absolute Gasteiger partial charge is 0.0873 e. The highest BCUT2D eigenvalue weighted by molar-refractivity contribution is 5.44. The number of allylic oxidation sites excluding steroid dienone is 14. The predicted octanol–water partition coefficient (Wildman–Crippen LogP) is 7.26. The van der Waals surface area contributed by atoms with Crippen LogP contribution in [0.3, 0.4) is 0 Å². The molecule has 2 aliphatic rings. The van der Waals surface area contributed by atoms with Crippen LogP contribution >= 0.6 is 0 Å². The third-order valence-corrected chi connectivity index (χ3v) is 5.02. The van der Waals surface area contributed by atoms with E-state index in [1.165, 1.54) is 28.7 Å². The molecule has 0 amide bonds. The maximum Gasteiger partial charge on any atom is -0.00253 e. The smallest absolute Gasteiger partial charge is 0.00253 e. The van der Waals surface area contributed by atoms with E-state index in [2.05, 4.69) is 88.5 Å². The fourth-order valence-electron chi connectivity index (χ4n) is 3.23. The average Bonchev–Trinajstić information content (AvgIpc) is 2.78. The molecule has 0 heterocycles. The summed E-state index contributed by atoms with van der Waals surface area (Å²) in [5.41, 5.74) is 5.59. The summed E-state index contributed by atoms with van der Waals surface area (Å²) in [4.78, 5) is 0. The van der Waals surface area contributed by atoms with Crippen molar-refractivity contribution in [1.82, 2.24) is 0 Å². The van der Waals surface area contributed by atoms with Gasteiger partial charge in [0.2, 0.25) is 0 Å². The predicted molar refractivity (Wildman–Crippen MR) is 108 cm³/mol. The number of hydrogen-bond donors (Lipinski definition) is 0. The van der Waals surface area contributed by atoms with Gasteiger partial charge in [0.05, 0.1) is 0 Å². The lowest BCUT2D eigenvalue weighted by atomic mass is 9.91. The maximum absolute atomic E-state index is 2.41. The fraction of sp³-hybridized carbons (Fsp3) is 0.417. The molecule has 0 spiro atoms. The van der Waals surface area contributed by atoms with Gasteiger partial charge >= 0.3 is 0 Å². The first-order valence-electron chi connectivity index (χ1n) is 9.34. The molecule has 24 heavy (non-hydrogen) atoms. The van der Waals surface area contributed by atoms with E-state index in [9.17, 15) is 0 Å². The molecule has 0 heteroatoms. The summed E-state index contributed by atoms with van der Waals surface area (Å²) in [6.07, 6.45) is 27.6. The second-order valence-corrected chi connectivity index (χ2v) is 7.04. The van der Waals surface area contributed by atoms with Crippen molar-refractivity contribution >= 4 is 0 Å². The molecule has 0 radical (unpaired) electrons. The third kappa shape index (κ3) is 5.67. The molecule has 0 aromatic heterocycles. The van der Waals surface area contributed by atoms with Gasteiger partial charge in [0.1, 0.15) is 0 Å². The molecular weight excluding hydrogens is 288 g/mol. The lowest BCUT2D eigenvalue weighted by molar-refractivity contribution is 0.655. The minimum Gasteiger partial charge on any atom is -0.0873 e. The summed E-state index contributed by atoms with van der Waals surface area (Å²) < 4.78 is 0. The first kappa shape index (κ1) is 18.5. The Hall–Kier alpha value is -1.82. The van der Waals surface area contributed by atoms with Crippen molar-refractivity contribution in [3.63, 3.8) is 0 Å². The molecule has 0 aliphatic heterocycles. The molecule has 128 valence electrons. The third-order valence-electron chi connectivity index (χ3n) is 5.02. The molecule has 0 fully saturated rings. The first-order valence-corrected chi connectivity index (χ1v) is 9.34. The Kier molecular flexibility index (Phi) is 7.31. The SMILES string of the molecule is CCC(C=CCC1C=CC(C)=CC1)C(C)=CC1=CC=CCC=C1C. The molecule has 2 unspecified atom stereocenters. The molecule has 2 atom stereocenters. The fourth-order valence-corrected chi connectivity index (χ4v) is 3.23. The Bertz CT molecular complexity index is 629. The zero-order valence-electron chi connectivity index (χ0n) is 15.8. The molecule has 0 N–H and O–H groups in total. The number of hydrogen-bond acceptors (Lipinski definition) is 0. The monoisotopic (exact) mass is 320 g/mol.